The SMILES string of the molecule is CC1CCCC(N)(c2noc(-c3cc4sccc4s3)n2)C1. The lowest BCUT2D eigenvalue weighted by molar-refractivity contribution is 0.222. The Hall–Kier alpha value is -1.24. The minimum absolute atomic E-state index is 0.423. The zero-order chi connectivity index (χ0) is 14.4. The number of thiophene rings is 2. The molecule has 21 heavy (non-hydrogen) atoms. The summed E-state index contributed by atoms with van der Waals surface area (Å²) in [5.74, 6) is 1.89. The summed E-state index contributed by atoms with van der Waals surface area (Å²) in [5.41, 5.74) is 6.12. The molecule has 0 spiro atoms. The molecule has 2 N–H and O–H groups in total. The topological polar surface area (TPSA) is 64.9 Å². The van der Waals surface area contributed by atoms with Crippen LogP contribution in [0.25, 0.3) is 20.2 Å². The van der Waals surface area contributed by atoms with E-state index in [-0.39, 0.29) is 0 Å². The zero-order valence-electron chi connectivity index (χ0n) is 11.8. The van der Waals surface area contributed by atoms with Crippen LogP contribution in [0.5, 0.6) is 0 Å². The summed E-state index contributed by atoms with van der Waals surface area (Å²) in [4.78, 5) is 5.63. The van der Waals surface area contributed by atoms with Gasteiger partial charge in [-0.25, -0.2) is 0 Å². The Balaban J connectivity index is 1.67. The van der Waals surface area contributed by atoms with E-state index in [4.69, 9.17) is 10.3 Å². The number of nitrogens with two attached hydrogens (primary N) is 1. The van der Waals surface area contributed by atoms with Crippen molar-refractivity contribution in [3.05, 3.63) is 23.3 Å². The molecule has 1 aliphatic rings. The highest BCUT2D eigenvalue weighted by Crippen LogP contribution is 2.39. The molecular formula is C15H17N3OS2. The van der Waals surface area contributed by atoms with Gasteiger partial charge < -0.3 is 10.3 Å². The molecular weight excluding hydrogens is 302 g/mol. The third-order valence-electron chi connectivity index (χ3n) is 4.25. The molecule has 3 aromatic rings. The van der Waals surface area contributed by atoms with E-state index in [9.17, 15) is 0 Å². The van der Waals surface area contributed by atoms with Crippen LogP contribution in [-0.2, 0) is 5.54 Å². The van der Waals surface area contributed by atoms with Gasteiger partial charge in [0.25, 0.3) is 5.89 Å². The van der Waals surface area contributed by atoms with Gasteiger partial charge in [0, 0.05) is 9.40 Å². The second-order valence-electron chi connectivity index (χ2n) is 6.04. The van der Waals surface area contributed by atoms with E-state index in [0.29, 0.717) is 17.6 Å². The van der Waals surface area contributed by atoms with Crippen molar-refractivity contribution < 1.29 is 4.52 Å². The van der Waals surface area contributed by atoms with Crippen molar-refractivity contribution in [2.45, 2.75) is 38.1 Å². The van der Waals surface area contributed by atoms with Crippen molar-refractivity contribution >= 4 is 32.1 Å². The highest BCUT2D eigenvalue weighted by atomic mass is 32.1. The first-order valence-corrected chi connectivity index (χ1v) is 8.94. The Labute approximate surface area is 131 Å². The molecule has 6 heteroatoms. The summed E-state index contributed by atoms with van der Waals surface area (Å²) in [6, 6.07) is 4.24. The summed E-state index contributed by atoms with van der Waals surface area (Å²) in [7, 11) is 0. The van der Waals surface area contributed by atoms with Crippen molar-refractivity contribution in [2.24, 2.45) is 11.7 Å². The molecule has 2 unspecified atom stereocenters. The second kappa shape index (κ2) is 4.90. The smallest absolute Gasteiger partial charge is 0.268 e. The number of fused-ring (bicyclic) bond motifs is 1. The molecule has 2 atom stereocenters. The highest BCUT2D eigenvalue weighted by Gasteiger charge is 2.37. The van der Waals surface area contributed by atoms with E-state index in [2.05, 4.69) is 34.6 Å². The maximum Gasteiger partial charge on any atom is 0.268 e. The van der Waals surface area contributed by atoms with Crippen molar-refractivity contribution in [3.63, 3.8) is 0 Å². The molecule has 4 nitrogen and oxygen atoms in total. The van der Waals surface area contributed by atoms with Gasteiger partial charge in [-0.1, -0.05) is 24.9 Å². The molecule has 3 heterocycles. The zero-order valence-corrected chi connectivity index (χ0v) is 13.5. The monoisotopic (exact) mass is 319 g/mol. The van der Waals surface area contributed by atoms with Gasteiger partial charge in [-0.15, -0.1) is 22.7 Å². The number of hydrogen-bond donors (Lipinski definition) is 1. The number of nitrogens with zero attached hydrogens (tertiary/aromatic N) is 2. The molecule has 1 saturated carbocycles. The highest BCUT2D eigenvalue weighted by molar-refractivity contribution is 7.28. The lowest BCUT2D eigenvalue weighted by Gasteiger charge is -2.33. The molecule has 0 bridgehead atoms. The summed E-state index contributed by atoms with van der Waals surface area (Å²) >= 11 is 3.42. The van der Waals surface area contributed by atoms with Gasteiger partial charge >= 0.3 is 0 Å². The molecule has 1 aliphatic carbocycles. The van der Waals surface area contributed by atoms with Crippen LogP contribution < -0.4 is 5.73 Å². The largest absolute Gasteiger partial charge is 0.333 e. The van der Waals surface area contributed by atoms with E-state index >= 15 is 0 Å². The molecule has 0 radical (unpaired) electrons. The van der Waals surface area contributed by atoms with Gasteiger partial charge in [-0.05, 0) is 36.3 Å². The third-order valence-corrected chi connectivity index (χ3v) is 6.34. The van der Waals surface area contributed by atoms with Gasteiger partial charge in [-0.2, -0.15) is 4.98 Å². The van der Waals surface area contributed by atoms with E-state index in [1.54, 1.807) is 22.7 Å². The molecule has 1 fully saturated rings. The first kappa shape index (κ1) is 13.4. The molecule has 110 valence electrons. The first-order chi connectivity index (χ1) is 10.1. The van der Waals surface area contributed by atoms with Crippen LogP contribution in [-0.4, -0.2) is 10.1 Å². The van der Waals surface area contributed by atoms with E-state index in [1.807, 2.05) is 0 Å². The average molecular weight is 319 g/mol. The normalized spacial score (nSPS) is 26.5. The fourth-order valence-electron chi connectivity index (χ4n) is 3.19. The summed E-state index contributed by atoms with van der Waals surface area (Å²) in [5, 5.41) is 6.28. The molecule has 3 aromatic heterocycles. The molecule has 0 aromatic carbocycles. The van der Waals surface area contributed by atoms with Gasteiger partial charge in [0.15, 0.2) is 5.82 Å². The van der Waals surface area contributed by atoms with E-state index < -0.39 is 5.54 Å². The number of hydrogen-bond acceptors (Lipinski definition) is 6. The van der Waals surface area contributed by atoms with Crippen LogP contribution in [0.15, 0.2) is 22.0 Å². The van der Waals surface area contributed by atoms with E-state index in [1.165, 1.54) is 15.8 Å². The molecule has 0 saturated heterocycles. The number of aromatic nitrogens is 2. The van der Waals surface area contributed by atoms with Gasteiger partial charge in [0.1, 0.15) is 0 Å². The van der Waals surface area contributed by atoms with Crippen LogP contribution in [0.1, 0.15) is 38.4 Å². The van der Waals surface area contributed by atoms with Crippen LogP contribution in [0.3, 0.4) is 0 Å². The van der Waals surface area contributed by atoms with Crippen molar-refractivity contribution in [1.29, 1.82) is 0 Å². The van der Waals surface area contributed by atoms with Gasteiger partial charge in [0.2, 0.25) is 0 Å². The van der Waals surface area contributed by atoms with Crippen LogP contribution in [0.4, 0.5) is 0 Å². The average Bonchev–Trinajstić information content (AvgIpc) is 3.13. The van der Waals surface area contributed by atoms with Crippen LogP contribution in [0.2, 0.25) is 0 Å². The minimum atomic E-state index is -0.423. The summed E-state index contributed by atoms with van der Waals surface area (Å²) in [6.45, 7) is 2.25. The Bertz CT molecular complexity index is 746. The van der Waals surface area contributed by atoms with E-state index in [0.717, 1.165) is 24.1 Å². The fourth-order valence-corrected chi connectivity index (χ4v) is 5.22. The van der Waals surface area contributed by atoms with Gasteiger partial charge in [0.05, 0.1) is 10.4 Å². The Morgan fingerprint density at radius 2 is 2.33 bits per heavy atom. The Kier molecular flexibility index (Phi) is 3.13. The second-order valence-corrected chi connectivity index (χ2v) is 8.07. The molecule has 4 rings (SSSR count). The minimum Gasteiger partial charge on any atom is -0.333 e. The predicted molar refractivity (Wildman–Crippen MR) is 86.5 cm³/mol. The lowest BCUT2D eigenvalue weighted by atomic mass is 9.76. The standard InChI is InChI=1S/C15H17N3OS2/c1-9-3-2-5-15(16,8-9)14-17-13(19-18-14)12-7-11-10(21-12)4-6-20-11/h4,6-7,9H,2-3,5,8,16H2,1H3. The van der Waals surface area contributed by atoms with Crippen LogP contribution in [0, 0.1) is 5.92 Å². The van der Waals surface area contributed by atoms with Crippen molar-refractivity contribution in [2.75, 3.05) is 0 Å². The fraction of sp³-hybridized carbons (Fsp3) is 0.467. The third kappa shape index (κ3) is 2.31. The maximum absolute atomic E-state index is 6.54. The lowest BCUT2D eigenvalue weighted by Crippen LogP contribution is -2.42. The Morgan fingerprint density at radius 1 is 1.43 bits per heavy atom. The van der Waals surface area contributed by atoms with Gasteiger partial charge in [-0.3, -0.25) is 0 Å². The predicted octanol–water partition coefficient (Wildman–Crippen LogP) is 4.38. The summed E-state index contributed by atoms with van der Waals surface area (Å²) in [6.07, 6.45) is 4.25. The quantitative estimate of drug-likeness (QED) is 0.761. The molecule has 0 amide bonds. The molecule has 0 aliphatic heterocycles. The van der Waals surface area contributed by atoms with Crippen LogP contribution >= 0.6 is 22.7 Å². The van der Waals surface area contributed by atoms with Crippen molar-refractivity contribution in [3.8, 4) is 10.8 Å². The Morgan fingerprint density at radius 3 is 3.14 bits per heavy atom. The summed E-state index contributed by atoms with van der Waals surface area (Å²) < 4.78 is 8.01. The first-order valence-electron chi connectivity index (χ1n) is 7.24. The number of rotatable bonds is 2. The maximum atomic E-state index is 6.54. The van der Waals surface area contributed by atoms with Crippen molar-refractivity contribution in [1.82, 2.24) is 10.1 Å².